The van der Waals surface area contributed by atoms with Crippen LogP contribution in [0.2, 0.25) is 0 Å². The zero-order chi connectivity index (χ0) is 25.8. The number of carbonyl (C=O) groups is 2. The molecule has 0 aliphatic rings. The molecule has 2 atom stereocenters. The summed E-state index contributed by atoms with van der Waals surface area (Å²) in [5.74, 6) is -1.90. The summed E-state index contributed by atoms with van der Waals surface area (Å²) < 4.78 is 20.4. The Labute approximate surface area is 200 Å². The zero-order valence-electron chi connectivity index (χ0n) is 21.2. The van der Waals surface area contributed by atoms with Crippen LogP contribution in [0.25, 0.3) is 0 Å². The van der Waals surface area contributed by atoms with Gasteiger partial charge in [0, 0.05) is 11.7 Å². The third-order valence-electron chi connectivity index (χ3n) is 5.39. The van der Waals surface area contributed by atoms with E-state index in [1.54, 1.807) is 6.20 Å². The van der Waals surface area contributed by atoms with Crippen molar-refractivity contribution in [2.45, 2.75) is 73.5 Å². The number of anilines is 3. The highest BCUT2D eigenvalue weighted by Crippen LogP contribution is 2.28. The second kappa shape index (κ2) is 10.8. The van der Waals surface area contributed by atoms with Crippen LogP contribution in [0.3, 0.4) is 0 Å². The lowest BCUT2D eigenvalue weighted by molar-refractivity contribution is -0.156. The number of nitrogens with two attached hydrogens (primary N) is 1. The number of ether oxygens (including phenoxy) is 1. The molecule has 186 valence electrons. The Kier molecular flexibility index (Phi) is 8.58. The Balaban J connectivity index is 2.34. The fraction of sp³-hybridized carbons (Fsp3) is 0.520. The molecule has 0 fully saturated rings. The van der Waals surface area contributed by atoms with Crippen LogP contribution in [-0.4, -0.2) is 33.5 Å². The maximum Gasteiger partial charge on any atom is 0.306 e. The van der Waals surface area contributed by atoms with Crippen LogP contribution in [0, 0.1) is 31.5 Å². The molecule has 0 spiro atoms. The molecule has 0 aromatic carbocycles. The van der Waals surface area contributed by atoms with Crippen molar-refractivity contribution < 1.29 is 18.7 Å². The van der Waals surface area contributed by atoms with Crippen LogP contribution in [0.1, 0.15) is 69.6 Å². The molecule has 2 aromatic rings. The Morgan fingerprint density at radius 1 is 1.15 bits per heavy atom. The second-order valence-corrected chi connectivity index (χ2v) is 10.0. The topological polar surface area (TPSA) is 119 Å². The summed E-state index contributed by atoms with van der Waals surface area (Å²) >= 11 is 0. The van der Waals surface area contributed by atoms with Crippen LogP contribution >= 0.6 is 0 Å². The van der Waals surface area contributed by atoms with E-state index in [2.05, 4.69) is 20.6 Å². The molecule has 2 rings (SSSR count). The third kappa shape index (κ3) is 7.40. The van der Waals surface area contributed by atoms with Crippen molar-refractivity contribution >= 4 is 29.2 Å². The number of aryl methyl sites for hydroxylation is 2. The van der Waals surface area contributed by atoms with Gasteiger partial charge in [-0.25, -0.2) is 9.37 Å². The highest BCUT2D eigenvalue weighted by molar-refractivity contribution is 5.98. The molecule has 0 bridgehead atoms. The molecule has 0 radical (unpaired) electrons. The van der Waals surface area contributed by atoms with E-state index in [4.69, 9.17) is 10.5 Å². The molecule has 4 N–H and O–H groups in total. The number of aromatic nitrogens is 2. The molecular weight excluding hydrogens is 437 g/mol. The summed E-state index contributed by atoms with van der Waals surface area (Å²) in [4.78, 5) is 32.9. The maximum absolute atomic E-state index is 15.0. The highest BCUT2D eigenvalue weighted by Gasteiger charge is 2.27. The minimum absolute atomic E-state index is 0.0426. The fourth-order valence-corrected chi connectivity index (χ4v) is 3.62. The molecule has 34 heavy (non-hydrogen) atoms. The van der Waals surface area contributed by atoms with Gasteiger partial charge < -0.3 is 21.1 Å². The average Bonchev–Trinajstić information content (AvgIpc) is 2.68. The van der Waals surface area contributed by atoms with Crippen LogP contribution < -0.4 is 16.4 Å². The van der Waals surface area contributed by atoms with E-state index in [9.17, 15) is 14.0 Å². The van der Waals surface area contributed by atoms with E-state index in [0.29, 0.717) is 5.69 Å². The number of nitrogens with one attached hydrogen (secondary N) is 2. The molecule has 0 aliphatic carbocycles. The second-order valence-electron chi connectivity index (χ2n) is 10.0. The monoisotopic (exact) mass is 473 g/mol. The number of hydrogen-bond acceptors (Lipinski definition) is 7. The number of carbonyl (C=O) groups excluding carboxylic acids is 2. The van der Waals surface area contributed by atoms with Crippen LogP contribution in [0.4, 0.5) is 21.7 Å². The van der Waals surface area contributed by atoms with Crippen molar-refractivity contribution in [1.29, 1.82) is 0 Å². The summed E-state index contributed by atoms with van der Waals surface area (Å²) in [6, 6.07) is 2.63. The number of halogens is 1. The van der Waals surface area contributed by atoms with Gasteiger partial charge in [-0.05, 0) is 64.2 Å². The molecule has 8 nitrogen and oxygen atoms in total. The van der Waals surface area contributed by atoms with E-state index in [-0.39, 0.29) is 47.5 Å². The third-order valence-corrected chi connectivity index (χ3v) is 5.39. The Hall–Kier alpha value is -3.23. The minimum atomic E-state index is -0.809. The first-order valence-corrected chi connectivity index (χ1v) is 11.4. The molecule has 2 heterocycles. The fourth-order valence-electron chi connectivity index (χ4n) is 3.62. The van der Waals surface area contributed by atoms with Gasteiger partial charge >= 0.3 is 5.97 Å². The Morgan fingerprint density at radius 3 is 2.32 bits per heavy atom. The van der Waals surface area contributed by atoms with Crippen LogP contribution in [-0.2, 0) is 9.53 Å². The normalized spacial score (nSPS) is 13.4. The molecule has 0 unspecified atom stereocenters. The molecule has 9 heteroatoms. The van der Waals surface area contributed by atoms with Crippen molar-refractivity contribution in [3.8, 4) is 0 Å². The zero-order valence-corrected chi connectivity index (χ0v) is 21.2. The van der Waals surface area contributed by atoms with Gasteiger partial charge in [0.1, 0.15) is 11.4 Å². The summed E-state index contributed by atoms with van der Waals surface area (Å²) in [5, 5.41) is 6.15. The molecular formula is C25H36FN5O3. The lowest BCUT2D eigenvalue weighted by Crippen LogP contribution is -2.36. The van der Waals surface area contributed by atoms with Gasteiger partial charge in [0.15, 0.2) is 11.6 Å². The predicted molar refractivity (Wildman–Crippen MR) is 132 cm³/mol. The predicted octanol–water partition coefficient (Wildman–Crippen LogP) is 4.88. The first kappa shape index (κ1) is 27.0. The molecule has 0 aliphatic heterocycles. The molecule has 0 saturated carbocycles. The van der Waals surface area contributed by atoms with Gasteiger partial charge in [-0.2, -0.15) is 0 Å². The van der Waals surface area contributed by atoms with E-state index in [0.717, 1.165) is 17.3 Å². The molecule has 1 amide bonds. The van der Waals surface area contributed by atoms with Crippen molar-refractivity contribution in [1.82, 2.24) is 9.97 Å². The van der Waals surface area contributed by atoms with Crippen molar-refractivity contribution in [2.75, 3.05) is 10.6 Å². The molecule has 0 saturated heterocycles. The number of rotatable bonds is 9. The van der Waals surface area contributed by atoms with E-state index >= 15 is 0 Å². The van der Waals surface area contributed by atoms with Gasteiger partial charge in [0.2, 0.25) is 0 Å². The largest absolute Gasteiger partial charge is 0.460 e. The minimum Gasteiger partial charge on any atom is -0.460 e. The van der Waals surface area contributed by atoms with Crippen LogP contribution in [0.5, 0.6) is 0 Å². The standard InChI is InChI=1S/C25H36FN5O3/c1-13(2)21(15(4)10-20(32)34-25(6,7)8)30-24-19(26)11-18(22(27)33)23(31-24)29-17-9-14(3)16(5)28-12-17/h9,11-13,15,21H,10H2,1-8H3,(H2,27,33)(H2,29,30,31)/t15-,21-/m1/s1. The van der Waals surface area contributed by atoms with Crippen molar-refractivity contribution in [3.05, 3.63) is 41.0 Å². The smallest absolute Gasteiger partial charge is 0.306 e. The highest BCUT2D eigenvalue weighted by atomic mass is 19.1. The summed E-state index contributed by atoms with van der Waals surface area (Å²) in [6.07, 6.45) is 1.76. The summed E-state index contributed by atoms with van der Waals surface area (Å²) in [7, 11) is 0. The lowest BCUT2D eigenvalue weighted by Gasteiger charge is -2.30. The summed E-state index contributed by atoms with van der Waals surface area (Å²) in [5.41, 5.74) is 7.22. The van der Waals surface area contributed by atoms with Gasteiger partial charge in [-0.1, -0.05) is 20.8 Å². The van der Waals surface area contributed by atoms with Gasteiger partial charge in [0.05, 0.1) is 23.9 Å². The van der Waals surface area contributed by atoms with Crippen molar-refractivity contribution in [3.63, 3.8) is 0 Å². The SMILES string of the molecule is Cc1cc(Nc2nc(N[C@H](C(C)C)[C@H](C)CC(=O)OC(C)(C)C)c(F)cc2C(N)=O)cnc1C. The number of esters is 1. The number of hydrogen-bond donors (Lipinski definition) is 3. The van der Waals surface area contributed by atoms with Gasteiger partial charge in [-0.3, -0.25) is 14.6 Å². The van der Waals surface area contributed by atoms with E-state index in [1.165, 1.54) is 0 Å². The van der Waals surface area contributed by atoms with Crippen molar-refractivity contribution in [2.24, 2.45) is 17.6 Å². The van der Waals surface area contributed by atoms with E-state index < -0.39 is 17.3 Å². The lowest BCUT2D eigenvalue weighted by atomic mass is 9.89. The number of amides is 1. The first-order chi connectivity index (χ1) is 15.7. The average molecular weight is 474 g/mol. The number of pyridine rings is 2. The maximum atomic E-state index is 15.0. The summed E-state index contributed by atoms with van der Waals surface area (Å²) in [6.45, 7) is 15.1. The Morgan fingerprint density at radius 2 is 1.79 bits per heavy atom. The van der Waals surface area contributed by atoms with E-state index in [1.807, 2.05) is 61.5 Å². The van der Waals surface area contributed by atoms with Gasteiger partial charge in [-0.15, -0.1) is 0 Å². The quantitative estimate of drug-likeness (QED) is 0.444. The van der Waals surface area contributed by atoms with Crippen LogP contribution in [0.15, 0.2) is 18.3 Å². The molecule has 2 aromatic heterocycles. The van der Waals surface area contributed by atoms with Gasteiger partial charge in [0.25, 0.3) is 5.91 Å². The first-order valence-electron chi connectivity index (χ1n) is 11.4. The number of nitrogens with zero attached hydrogens (tertiary/aromatic N) is 2. The number of primary amides is 1. The Bertz CT molecular complexity index is 1050.